The van der Waals surface area contributed by atoms with Gasteiger partial charge in [0.25, 0.3) is 0 Å². The number of rotatable bonds is 4. The maximum absolute atomic E-state index is 6.39. The van der Waals surface area contributed by atoms with Gasteiger partial charge in [0.2, 0.25) is 5.89 Å². The molecule has 4 heteroatoms. The fourth-order valence-corrected chi connectivity index (χ4v) is 2.76. The minimum absolute atomic E-state index is 0.0956. The normalized spacial score (nSPS) is 23.8. The van der Waals surface area contributed by atoms with E-state index in [1.165, 1.54) is 32.1 Å². The summed E-state index contributed by atoms with van der Waals surface area (Å²) >= 11 is 0. The largest absolute Gasteiger partial charge is 0.339 e. The monoisotopic (exact) mass is 235 g/mol. The van der Waals surface area contributed by atoms with Gasteiger partial charge >= 0.3 is 0 Å². The van der Waals surface area contributed by atoms with E-state index in [2.05, 4.69) is 10.1 Å². The standard InChI is InChI=1S/C13H21N3O/c14-13(6-2-1-3-7-13)9-12-15-11(16-17-12)8-10-4-5-10/h10H,1-9,14H2. The van der Waals surface area contributed by atoms with E-state index in [9.17, 15) is 0 Å². The lowest BCUT2D eigenvalue weighted by atomic mass is 9.80. The molecule has 0 amide bonds. The van der Waals surface area contributed by atoms with Gasteiger partial charge in [-0.05, 0) is 31.6 Å². The Labute approximate surface area is 102 Å². The molecule has 0 spiro atoms. The molecule has 2 saturated carbocycles. The lowest BCUT2D eigenvalue weighted by Crippen LogP contribution is -2.43. The second-order valence-corrected chi connectivity index (χ2v) is 5.85. The predicted molar refractivity (Wildman–Crippen MR) is 64.4 cm³/mol. The van der Waals surface area contributed by atoms with Crippen molar-refractivity contribution in [2.75, 3.05) is 0 Å². The molecule has 0 saturated heterocycles. The average molecular weight is 235 g/mol. The Balaban J connectivity index is 1.61. The van der Waals surface area contributed by atoms with Gasteiger partial charge < -0.3 is 10.3 Å². The van der Waals surface area contributed by atoms with E-state index in [0.717, 1.165) is 43.3 Å². The van der Waals surface area contributed by atoms with Crippen LogP contribution in [0, 0.1) is 5.92 Å². The Morgan fingerprint density at radius 1 is 1.24 bits per heavy atom. The van der Waals surface area contributed by atoms with Crippen molar-refractivity contribution >= 4 is 0 Å². The molecule has 3 rings (SSSR count). The molecule has 4 nitrogen and oxygen atoms in total. The molecular weight excluding hydrogens is 214 g/mol. The van der Waals surface area contributed by atoms with Crippen LogP contribution in [0.15, 0.2) is 4.52 Å². The third-order valence-electron chi connectivity index (χ3n) is 4.03. The third kappa shape index (κ3) is 2.86. The SMILES string of the molecule is NC1(Cc2nc(CC3CC3)no2)CCCCC1. The maximum Gasteiger partial charge on any atom is 0.228 e. The van der Waals surface area contributed by atoms with Gasteiger partial charge in [0.05, 0.1) is 0 Å². The molecule has 0 aromatic carbocycles. The van der Waals surface area contributed by atoms with Crippen molar-refractivity contribution in [2.45, 2.75) is 63.3 Å². The lowest BCUT2D eigenvalue weighted by Gasteiger charge is -2.31. The van der Waals surface area contributed by atoms with Crippen LogP contribution < -0.4 is 5.73 Å². The number of nitrogens with zero attached hydrogens (tertiary/aromatic N) is 2. The summed E-state index contributed by atoms with van der Waals surface area (Å²) in [7, 11) is 0. The van der Waals surface area contributed by atoms with E-state index in [1.54, 1.807) is 0 Å². The van der Waals surface area contributed by atoms with Gasteiger partial charge in [-0.3, -0.25) is 0 Å². The highest BCUT2D eigenvalue weighted by molar-refractivity contribution is 4.99. The first-order chi connectivity index (χ1) is 8.23. The van der Waals surface area contributed by atoms with E-state index < -0.39 is 0 Å². The Hall–Kier alpha value is -0.900. The summed E-state index contributed by atoms with van der Waals surface area (Å²) in [6.07, 6.45) is 10.4. The maximum atomic E-state index is 6.39. The Bertz CT molecular complexity index is 378. The van der Waals surface area contributed by atoms with Gasteiger partial charge in [0.15, 0.2) is 5.82 Å². The summed E-state index contributed by atoms with van der Waals surface area (Å²) in [6, 6.07) is 0. The van der Waals surface area contributed by atoms with Crippen molar-refractivity contribution in [3.63, 3.8) is 0 Å². The molecule has 1 aromatic heterocycles. The highest BCUT2D eigenvalue weighted by Crippen LogP contribution is 2.32. The van der Waals surface area contributed by atoms with Gasteiger partial charge in [0.1, 0.15) is 0 Å². The fraction of sp³-hybridized carbons (Fsp3) is 0.846. The summed E-state index contributed by atoms with van der Waals surface area (Å²) in [6.45, 7) is 0. The smallest absolute Gasteiger partial charge is 0.228 e. The highest BCUT2D eigenvalue weighted by Gasteiger charge is 2.30. The van der Waals surface area contributed by atoms with Crippen LogP contribution in [-0.2, 0) is 12.8 Å². The minimum atomic E-state index is -0.0956. The molecule has 0 unspecified atom stereocenters. The molecule has 2 fully saturated rings. The van der Waals surface area contributed by atoms with Gasteiger partial charge in [0, 0.05) is 18.4 Å². The molecule has 0 aliphatic heterocycles. The van der Waals surface area contributed by atoms with E-state index in [1.807, 2.05) is 0 Å². The van der Waals surface area contributed by atoms with Crippen molar-refractivity contribution in [1.82, 2.24) is 10.1 Å². The quantitative estimate of drug-likeness (QED) is 0.869. The van der Waals surface area contributed by atoms with Crippen LogP contribution in [0.4, 0.5) is 0 Å². The van der Waals surface area contributed by atoms with E-state index >= 15 is 0 Å². The number of hydrogen-bond donors (Lipinski definition) is 1. The summed E-state index contributed by atoms with van der Waals surface area (Å²) < 4.78 is 5.32. The first-order valence-electron chi connectivity index (χ1n) is 6.84. The topological polar surface area (TPSA) is 64.9 Å². The van der Waals surface area contributed by atoms with E-state index in [-0.39, 0.29) is 5.54 Å². The average Bonchev–Trinajstić information content (AvgIpc) is 3.00. The molecule has 0 bridgehead atoms. The van der Waals surface area contributed by atoms with Crippen LogP contribution in [0.25, 0.3) is 0 Å². The molecule has 2 N–H and O–H groups in total. The van der Waals surface area contributed by atoms with Crippen molar-refractivity contribution in [3.05, 3.63) is 11.7 Å². The van der Waals surface area contributed by atoms with Gasteiger partial charge in [-0.15, -0.1) is 0 Å². The summed E-state index contributed by atoms with van der Waals surface area (Å²) in [5, 5.41) is 4.05. The Morgan fingerprint density at radius 2 is 2.00 bits per heavy atom. The van der Waals surface area contributed by atoms with Crippen molar-refractivity contribution in [2.24, 2.45) is 11.7 Å². The first-order valence-corrected chi connectivity index (χ1v) is 6.84. The number of aromatic nitrogens is 2. The van der Waals surface area contributed by atoms with Crippen LogP contribution >= 0.6 is 0 Å². The van der Waals surface area contributed by atoms with Crippen LogP contribution in [0.3, 0.4) is 0 Å². The first kappa shape index (κ1) is 11.2. The highest BCUT2D eigenvalue weighted by atomic mass is 16.5. The van der Waals surface area contributed by atoms with E-state index in [0.29, 0.717) is 0 Å². The fourth-order valence-electron chi connectivity index (χ4n) is 2.76. The summed E-state index contributed by atoms with van der Waals surface area (Å²) in [5.74, 6) is 2.42. The van der Waals surface area contributed by atoms with Gasteiger partial charge in [-0.1, -0.05) is 24.4 Å². The van der Waals surface area contributed by atoms with Crippen LogP contribution in [0.5, 0.6) is 0 Å². The molecule has 94 valence electrons. The zero-order valence-corrected chi connectivity index (χ0v) is 10.3. The second-order valence-electron chi connectivity index (χ2n) is 5.85. The van der Waals surface area contributed by atoms with E-state index in [4.69, 9.17) is 10.3 Å². The summed E-state index contributed by atoms with van der Waals surface area (Å²) in [5.41, 5.74) is 6.29. The molecule has 2 aliphatic carbocycles. The zero-order chi connectivity index (χ0) is 11.7. The molecule has 1 heterocycles. The molecule has 0 radical (unpaired) electrons. The summed E-state index contributed by atoms with van der Waals surface area (Å²) in [4.78, 5) is 4.47. The van der Waals surface area contributed by atoms with Crippen molar-refractivity contribution in [1.29, 1.82) is 0 Å². The minimum Gasteiger partial charge on any atom is -0.339 e. The van der Waals surface area contributed by atoms with Crippen LogP contribution in [0.1, 0.15) is 56.7 Å². The number of nitrogens with two attached hydrogens (primary N) is 1. The lowest BCUT2D eigenvalue weighted by molar-refractivity contribution is 0.260. The van der Waals surface area contributed by atoms with Gasteiger partial charge in [-0.2, -0.15) is 4.98 Å². The molecule has 2 aliphatic rings. The molecule has 1 aromatic rings. The van der Waals surface area contributed by atoms with Crippen molar-refractivity contribution < 1.29 is 4.52 Å². The molecule has 0 atom stereocenters. The Morgan fingerprint density at radius 3 is 2.71 bits per heavy atom. The predicted octanol–water partition coefficient (Wildman–Crippen LogP) is 2.23. The van der Waals surface area contributed by atoms with Gasteiger partial charge in [-0.25, -0.2) is 0 Å². The molecule has 17 heavy (non-hydrogen) atoms. The van der Waals surface area contributed by atoms with Crippen LogP contribution in [0.2, 0.25) is 0 Å². The van der Waals surface area contributed by atoms with Crippen LogP contribution in [-0.4, -0.2) is 15.7 Å². The second kappa shape index (κ2) is 4.41. The zero-order valence-electron chi connectivity index (χ0n) is 10.3. The van der Waals surface area contributed by atoms with Crippen molar-refractivity contribution in [3.8, 4) is 0 Å². The Kier molecular flexibility index (Phi) is 2.90. The third-order valence-corrected chi connectivity index (χ3v) is 4.03. The number of hydrogen-bond acceptors (Lipinski definition) is 4. The molecular formula is C13H21N3O.